The largest absolute Gasteiger partial charge is 0.497 e. The van der Waals surface area contributed by atoms with Crippen molar-refractivity contribution < 1.29 is 18.7 Å². The van der Waals surface area contributed by atoms with Crippen LogP contribution in [0.2, 0.25) is 0 Å². The molecule has 8 nitrogen and oxygen atoms in total. The lowest BCUT2D eigenvalue weighted by Gasteiger charge is -2.36. The molecule has 1 saturated heterocycles. The highest BCUT2D eigenvalue weighted by atomic mass is 19.1. The maximum absolute atomic E-state index is 14.2. The van der Waals surface area contributed by atoms with E-state index >= 15 is 0 Å². The fourth-order valence-corrected chi connectivity index (χ4v) is 4.25. The van der Waals surface area contributed by atoms with Crippen LogP contribution in [0.15, 0.2) is 55.0 Å². The van der Waals surface area contributed by atoms with Crippen LogP contribution >= 0.6 is 0 Å². The Morgan fingerprint density at radius 2 is 1.97 bits per heavy atom. The molecule has 2 N–H and O–H groups in total. The molecule has 0 radical (unpaired) electrons. The zero-order valence-electron chi connectivity index (χ0n) is 19.3. The highest BCUT2D eigenvalue weighted by Crippen LogP contribution is 2.23. The lowest BCUT2D eigenvalue weighted by molar-refractivity contribution is 0.1000. The Bertz CT molecular complexity index is 1190. The third-order valence-corrected chi connectivity index (χ3v) is 6.30. The normalized spacial score (nSPS) is 14.7. The molecule has 0 aliphatic carbocycles. The predicted octanol–water partition coefficient (Wildman–Crippen LogP) is 3.36. The maximum atomic E-state index is 14.2. The van der Waals surface area contributed by atoms with E-state index in [1.807, 2.05) is 6.07 Å². The van der Waals surface area contributed by atoms with Gasteiger partial charge in [0.2, 0.25) is 5.91 Å². The molecule has 0 spiro atoms. The second kappa shape index (κ2) is 10.0. The van der Waals surface area contributed by atoms with Crippen molar-refractivity contribution in [3.63, 3.8) is 0 Å². The Labute approximate surface area is 197 Å². The highest BCUT2D eigenvalue weighted by Gasteiger charge is 2.27. The molecule has 0 unspecified atom stereocenters. The van der Waals surface area contributed by atoms with Crippen LogP contribution in [0.1, 0.15) is 28.8 Å². The van der Waals surface area contributed by atoms with Gasteiger partial charge in [0, 0.05) is 55.6 Å². The molecule has 34 heavy (non-hydrogen) atoms. The minimum atomic E-state index is -0.516. The van der Waals surface area contributed by atoms with E-state index in [9.17, 15) is 14.0 Å². The van der Waals surface area contributed by atoms with Crippen molar-refractivity contribution in [2.75, 3.05) is 27.2 Å². The molecule has 0 saturated carbocycles. The molecule has 3 aromatic rings. The molecule has 0 bridgehead atoms. The summed E-state index contributed by atoms with van der Waals surface area (Å²) >= 11 is 0. The number of nitrogens with zero attached hydrogens (tertiary/aromatic N) is 4. The monoisotopic (exact) mass is 465 g/mol. The van der Waals surface area contributed by atoms with Gasteiger partial charge in [-0.3, -0.25) is 14.3 Å². The average molecular weight is 466 g/mol. The summed E-state index contributed by atoms with van der Waals surface area (Å²) in [6, 6.07) is 11.5. The van der Waals surface area contributed by atoms with Crippen molar-refractivity contribution >= 4 is 11.9 Å². The summed E-state index contributed by atoms with van der Waals surface area (Å²) in [5, 5.41) is 0. The first-order valence-corrected chi connectivity index (χ1v) is 11.1. The Morgan fingerprint density at radius 3 is 2.68 bits per heavy atom. The molecule has 9 heteroatoms. The maximum Gasteiger partial charge on any atom is 0.329 e. The topological polar surface area (TPSA) is 93.7 Å². The standard InChI is InChI=1S/C25H28FN5O3/c1-29(20-8-10-30(11-9-20)14-19-13-21(34-2)6-7-22(19)26)25(33)31-15-23(28-16-31)17-4-3-5-18(12-17)24(27)32/h3-7,12-13,15-16,20H,8-11,14H2,1-2H3,(H2,27,32). The van der Waals surface area contributed by atoms with Crippen LogP contribution in [0.4, 0.5) is 9.18 Å². The molecule has 1 aromatic heterocycles. The van der Waals surface area contributed by atoms with E-state index in [0.29, 0.717) is 34.7 Å². The van der Waals surface area contributed by atoms with Crippen molar-refractivity contribution in [3.05, 3.63) is 71.9 Å². The molecule has 4 rings (SSSR count). The van der Waals surface area contributed by atoms with Crippen molar-refractivity contribution in [2.24, 2.45) is 5.73 Å². The molecule has 1 aliphatic rings. The number of methoxy groups -OCH3 is 1. The van der Waals surface area contributed by atoms with E-state index in [1.165, 1.54) is 17.0 Å². The van der Waals surface area contributed by atoms with Crippen molar-refractivity contribution in [1.82, 2.24) is 19.4 Å². The lowest BCUT2D eigenvalue weighted by atomic mass is 10.0. The Kier molecular flexibility index (Phi) is 6.93. The number of ether oxygens (including phenoxy) is 1. The van der Waals surface area contributed by atoms with Crippen molar-refractivity contribution in [3.8, 4) is 17.0 Å². The summed E-state index contributed by atoms with van der Waals surface area (Å²) in [5.74, 6) is -0.122. The smallest absolute Gasteiger partial charge is 0.329 e. The number of rotatable bonds is 6. The number of hydrogen-bond acceptors (Lipinski definition) is 5. The minimum absolute atomic E-state index is 0.0722. The van der Waals surface area contributed by atoms with Gasteiger partial charge >= 0.3 is 6.03 Å². The van der Waals surface area contributed by atoms with Crippen LogP contribution in [0.3, 0.4) is 0 Å². The third kappa shape index (κ3) is 5.09. The van der Waals surface area contributed by atoms with Crippen molar-refractivity contribution in [1.29, 1.82) is 0 Å². The molecule has 1 aliphatic heterocycles. The van der Waals surface area contributed by atoms with Gasteiger partial charge in [0.05, 0.1) is 12.8 Å². The molecule has 2 heterocycles. The van der Waals surface area contributed by atoms with E-state index in [2.05, 4.69) is 9.88 Å². The number of carbonyl (C=O) groups excluding carboxylic acids is 2. The molecular formula is C25H28FN5O3. The number of benzene rings is 2. The summed E-state index contributed by atoms with van der Waals surface area (Å²) in [5.41, 5.74) is 7.64. The number of primary amides is 1. The van der Waals surface area contributed by atoms with Crippen LogP contribution < -0.4 is 10.5 Å². The number of halogens is 1. The number of imidazole rings is 1. The van der Waals surface area contributed by atoms with Gasteiger partial charge in [-0.1, -0.05) is 12.1 Å². The first-order valence-electron chi connectivity index (χ1n) is 11.1. The minimum Gasteiger partial charge on any atom is -0.497 e. The fraction of sp³-hybridized carbons (Fsp3) is 0.320. The van der Waals surface area contributed by atoms with Gasteiger partial charge in [0.25, 0.3) is 0 Å². The Hall–Kier alpha value is -3.72. The number of carbonyl (C=O) groups is 2. The van der Waals surface area contributed by atoms with Crippen LogP contribution in [-0.2, 0) is 6.54 Å². The number of amides is 2. The number of hydrogen-bond donors (Lipinski definition) is 1. The lowest BCUT2D eigenvalue weighted by Crippen LogP contribution is -2.46. The first kappa shape index (κ1) is 23.4. The fourth-order valence-electron chi connectivity index (χ4n) is 4.25. The average Bonchev–Trinajstić information content (AvgIpc) is 3.35. The van der Waals surface area contributed by atoms with Gasteiger partial charge in [-0.2, -0.15) is 0 Å². The van der Waals surface area contributed by atoms with E-state index in [4.69, 9.17) is 10.5 Å². The quantitative estimate of drug-likeness (QED) is 0.603. The second-order valence-corrected chi connectivity index (χ2v) is 8.47. The van der Waals surface area contributed by atoms with Crippen LogP contribution in [-0.4, -0.2) is 64.6 Å². The van der Waals surface area contributed by atoms with Gasteiger partial charge in [0.1, 0.15) is 17.9 Å². The number of aromatic nitrogens is 2. The summed E-state index contributed by atoms with van der Waals surface area (Å²) in [6.45, 7) is 2.02. The zero-order valence-corrected chi connectivity index (χ0v) is 19.3. The molecule has 0 atom stereocenters. The highest BCUT2D eigenvalue weighted by molar-refractivity contribution is 5.94. The van der Waals surface area contributed by atoms with Crippen LogP contribution in [0.5, 0.6) is 5.75 Å². The van der Waals surface area contributed by atoms with E-state index in [1.54, 1.807) is 55.6 Å². The number of piperidine rings is 1. The zero-order chi connectivity index (χ0) is 24.2. The number of nitrogens with two attached hydrogens (primary N) is 1. The van der Waals surface area contributed by atoms with E-state index in [-0.39, 0.29) is 17.9 Å². The molecule has 178 valence electrons. The van der Waals surface area contributed by atoms with Gasteiger partial charge in [-0.05, 0) is 43.2 Å². The van der Waals surface area contributed by atoms with Gasteiger partial charge < -0.3 is 15.4 Å². The van der Waals surface area contributed by atoms with Gasteiger partial charge in [-0.25, -0.2) is 14.2 Å². The molecular weight excluding hydrogens is 437 g/mol. The Balaban J connectivity index is 1.36. The second-order valence-electron chi connectivity index (χ2n) is 8.47. The first-order chi connectivity index (χ1) is 16.4. The van der Waals surface area contributed by atoms with E-state index < -0.39 is 5.91 Å². The van der Waals surface area contributed by atoms with E-state index in [0.717, 1.165) is 25.9 Å². The third-order valence-electron chi connectivity index (χ3n) is 6.30. The SMILES string of the molecule is COc1ccc(F)c(CN2CCC(N(C)C(=O)n3cnc(-c4cccc(C(N)=O)c4)c3)CC2)c1. The molecule has 1 fully saturated rings. The van der Waals surface area contributed by atoms with Gasteiger partial charge in [0.15, 0.2) is 0 Å². The Morgan fingerprint density at radius 1 is 1.21 bits per heavy atom. The van der Waals surface area contributed by atoms with Gasteiger partial charge in [-0.15, -0.1) is 0 Å². The summed E-state index contributed by atoms with van der Waals surface area (Å²) in [7, 11) is 3.36. The van der Waals surface area contributed by atoms with Crippen molar-refractivity contribution in [2.45, 2.75) is 25.4 Å². The van der Waals surface area contributed by atoms with Crippen LogP contribution in [0.25, 0.3) is 11.3 Å². The molecule has 2 aromatic carbocycles. The summed E-state index contributed by atoms with van der Waals surface area (Å²) in [6.07, 6.45) is 4.71. The summed E-state index contributed by atoms with van der Waals surface area (Å²) in [4.78, 5) is 32.7. The molecule has 2 amide bonds. The van der Waals surface area contributed by atoms with Crippen LogP contribution in [0, 0.1) is 5.82 Å². The summed E-state index contributed by atoms with van der Waals surface area (Å²) < 4.78 is 20.8. The number of likely N-dealkylation sites (tertiary alicyclic amines) is 1. The predicted molar refractivity (Wildman–Crippen MR) is 126 cm³/mol.